The predicted molar refractivity (Wildman–Crippen MR) is 78.9 cm³/mol. The van der Waals surface area contributed by atoms with E-state index in [-0.39, 0.29) is 5.91 Å². The molecule has 0 unspecified atom stereocenters. The molecule has 0 aliphatic heterocycles. The monoisotopic (exact) mass is 278 g/mol. The van der Waals surface area contributed by atoms with E-state index < -0.39 is 11.7 Å². The van der Waals surface area contributed by atoms with E-state index in [1.807, 2.05) is 6.92 Å². The lowest BCUT2D eigenvalue weighted by Gasteiger charge is -2.20. The quantitative estimate of drug-likeness (QED) is 0.924. The van der Waals surface area contributed by atoms with Crippen LogP contribution in [0, 0.1) is 0 Å². The summed E-state index contributed by atoms with van der Waals surface area (Å²) in [5, 5.41) is 2.62. The molecule has 0 saturated heterocycles. The molecule has 20 heavy (non-hydrogen) atoms. The second kappa shape index (κ2) is 6.41. The second-order valence-corrected chi connectivity index (χ2v) is 5.53. The maximum atomic E-state index is 12.0. The third-order valence-corrected chi connectivity index (χ3v) is 2.58. The van der Waals surface area contributed by atoms with Crippen LogP contribution in [0.1, 0.15) is 38.1 Å². The molecule has 0 aliphatic carbocycles. The zero-order valence-corrected chi connectivity index (χ0v) is 12.7. The molecule has 0 aliphatic rings. The highest BCUT2D eigenvalue weighted by Gasteiger charge is 2.17. The summed E-state index contributed by atoms with van der Waals surface area (Å²) in [6, 6.07) is 6.79. The van der Waals surface area contributed by atoms with Crippen LogP contribution in [0.25, 0.3) is 0 Å². The van der Waals surface area contributed by atoms with Crippen molar-refractivity contribution in [2.45, 2.75) is 33.3 Å². The maximum absolute atomic E-state index is 12.0. The number of hydrogen-bond donors (Lipinski definition) is 1. The Hall–Kier alpha value is -2.04. The maximum Gasteiger partial charge on any atom is 0.412 e. The zero-order chi connectivity index (χ0) is 15.3. The van der Waals surface area contributed by atoms with Crippen LogP contribution in [0.15, 0.2) is 24.3 Å². The third kappa shape index (κ3) is 4.91. The molecule has 110 valence electrons. The van der Waals surface area contributed by atoms with Crippen molar-refractivity contribution in [3.05, 3.63) is 29.8 Å². The molecule has 1 aromatic rings. The SMILES string of the molecule is CCN(C)C(=O)c1cccc(NC(=O)OC(C)(C)C)c1. The van der Waals surface area contributed by atoms with Gasteiger partial charge in [-0.3, -0.25) is 10.1 Å². The van der Waals surface area contributed by atoms with Gasteiger partial charge in [-0.05, 0) is 45.9 Å². The van der Waals surface area contributed by atoms with Gasteiger partial charge in [0, 0.05) is 24.8 Å². The van der Waals surface area contributed by atoms with E-state index in [1.165, 1.54) is 0 Å². The highest BCUT2D eigenvalue weighted by molar-refractivity contribution is 5.96. The Morgan fingerprint density at radius 2 is 1.95 bits per heavy atom. The molecule has 5 heteroatoms. The predicted octanol–water partition coefficient (Wildman–Crippen LogP) is 3.13. The number of carbonyl (C=O) groups is 2. The Morgan fingerprint density at radius 3 is 2.50 bits per heavy atom. The summed E-state index contributed by atoms with van der Waals surface area (Å²) < 4.78 is 5.17. The first kappa shape index (κ1) is 16.0. The summed E-state index contributed by atoms with van der Waals surface area (Å²) >= 11 is 0. The van der Waals surface area contributed by atoms with Gasteiger partial charge in [0.2, 0.25) is 0 Å². The summed E-state index contributed by atoms with van der Waals surface area (Å²) in [6.45, 7) is 7.91. The number of amides is 2. The lowest BCUT2D eigenvalue weighted by molar-refractivity contribution is 0.0635. The minimum Gasteiger partial charge on any atom is -0.444 e. The minimum absolute atomic E-state index is 0.0830. The van der Waals surface area contributed by atoms with Gasteiger partial charge in [0.15, 0.2) is 0 Å². The molecule has 0 saturated carbocycles. The van der Waals surface area contributed by atoms with E-state index in [2.05, 4.69) is 5.32 Å². The van der Waals surface area contributed by atoms with Crippen LogP contribution >= 0.6 is 0 Å². The normalized spacial score (nSPS) is 10.8. The first-order valence-corrected chi connectivity index (χ1v) is 6.58. The van der Waals surface area contributed by atoms with Gasteiger partial charge in [-0.25, -0.2) is 4.79 Å². The summed E-state index contributed by atoms with van der Waals surface area (Å²) in [6.07, 6.45) is -0.536. The molecule has 0 radical (unpaired) electrons. The summed E-state index contributed by atoms with van der Waals surface area (Å²) in [5.74, 6) is -0.0830. The molecule has 0 atom stereocenters. The van der Waals surface area contributed by atoms with Crippen molar-refractivity contribution >= 4 is 17.7 Å². The van der Waals surface area contributed by atoms with Crippen LogP contribution < -0.4 is 5.32 Å². The topological polar surface area (TPSA) is 58.6 Å². The number of ether oxygens (including phenoxy) is 1. The molecule has 5 nitrogen and oxygen atoms in total. The van der Waals surface area contributed by atoms with Crippen molar-refractivity contribution in [3.8, 4) is 0 Å². The average molecular weight is 278 g/mol. The number of nitrogens with zero attached hydrogens (tertiary/aromatic N) is 1. The fourth-order valence-electron chi connectivity index (χ4n) is 1.52. The standard InChI is InChI=1S/C15H22N2O3/c1-6-17(5)13(18)11-8-7-9-12(10-11)16-14(19)20-15(2,3)4/h7-10H,6H2,1-5H3,(H,16,19). The van der Waals surface area contributed by atoms with Crippen molar-refractivity contribution in [1.29, 1.82) is 0 Å². The smallest absolute Gasteiger partial charge is 0.412 e. The number of anilines is 1. The van der Waals surface area contributed by atoms with Gasteiger partial charge < -0.3 is 9.64 Å². The molecule has 2 amide bonds. The lowest BCUT2D eigenvalue weighted by Crippen LogP contribution is -2.28. The first-order chi connectivity index (χ1) is 9.23. The van der Waals surface area contributed by atoms with E-state index in [0.717, 1.165) is 0 Å². The van der Waals surface area contributed by atoms with Crippen LogP contribution in [0.4, 0.5) is 10.5 Å². The van der Waals surface area contributed by atoms with Gasteiger partial charge in [-0.1, -0.05) is 6.07 Å². The summed E-state index contributed by atoms with van der Waals surface area (Å²) in [5.41, 5.74) is 0.512. The van der Waals surface area contributed by atoms with E-state index >= 15 is 0 Å². The van der Waals surface area contributed by atoms with E-state index in [1.54, 1.807) is 57.0 Å². The van der Waals surface area contributed by atoms with E-state index in [4.69, 9.17) is 4.74 Å². The Morgan fingerprint density at radius 1 is 1.30 bits per heavy atom. The fraction of sp³-hybridized carbons (Fsp3) is 0.467. The molecule has 0 bridgehead atoms. The molecule has 0 heterocycles. The molecule has 0 spiro atoms. The Kier molecular flexibility index (Phi) is 5.13. The highest BCUT2D eigenvalue weighted by Crippen LogP contribution is 2.14. The number of benzene rings is 1. The van der Waals surface area contributed by atoms with Gasteiger partial charge in [0.1, 0.15) is 5.60 Å². The summed E-state index contributed by atoms with van der Waals surface area (Å²) in [7, 11) is 1.73. The summed E-state index contributed by atoms with van der Waals surface area (Å²) in [4.78, 5) is 25.3. The van der Waals surface area contributed by atoms with Gasteiger partial charge in [-0.2, -0.15) is 0 Å². The minimum atomic E-state index is -0.556. The Labute approximate surface area is 119 Å². The van der Waals surface area contributed by atoms with E-state index in [9.17, 15) is 9.59 Å². The fourth-order valence-corrected chi connectivity index (χ4v) is 1.52. The number of rotatable bonds is 3. The highest BCUT2D eigenvalue weighted by atomic mass is 16.6. The molecule has 1 rings (SSSR count). The first-order valence-electron chi connectivity index (χ1n) is 6.58. The molecular formula is C15H22N2O3. The van der Waals surface area contributed by atoms with Crippen LogP contribution in [-0.4, -0.2) is 36.1 Å². The molecule has 0 fully saturated rings. The third-order valence-electron chi connectivity index (χ3n) is 2.58. The van der Waals surface area contributed by atoms with Gasteiger partial charge in [0.25, 0.3) is 5.91 Å². The Balaban J connectivity index is 2.79. The van der Waals surface area contributed by atoms with Gasteiger partial charge in [0.05, 0.1) is 0 Å². The number of nitrogens with one attached hydrogen (secondary N) is 1. The van der Waals surface area contributed by atoms with Crippen LogP contribution in [0.2, 0.25) is 0 Å². The van der Waals surface area contributed by atoms with Crippen LogP contribution in [0.5, 0.6) is 0 Å². The molecule has 1 aromatic carbocycles. The van der Waals surface area contributed by atoms with Gasteiger partial charge in [-0.15, -0.1) is 0 Å². The number of hydrogen-bond acceptors (Lipinski definition) is 3. The Bertz CT molecular complexity index is 492. The van der Waals surface area contributed by atoms with Crippen LogP contribution in [-0.2, 0) is 4.74 Å². The molecular weight excluding hydrogens is 256 g/mol. The second-order valence-electron chi connectivity index (χ2n) is 5.53. The number of carbonyl (C=O) groups excluding carboxylic acids is 2. The molecule has 0 aromatic heterocycles. The van der Waals surface area contributed by atoms with Gasteiger partial charge >= 0.3 is 6.09 Å². The average Bonchev–Trinajstić information content (AvgIpc) is 2.34. The largest absolute Gasteiger partial charge is 0.444 e. The van der Waals surface area contributed by atoms with Crippen molar-refractivity contribution in [2.75, 3.05) is 18.9 Å². The van der Waals surface area contributed by atoms with Crippen molar-refractivity contribution < 1.29 is 14.3 Å². The zero-order valence-electron chi connectivity index (χ0n) is 12.7. The van der Waals surface area contributed by atoms with Crippen molar-refractivity contribution in [1.82, 2.24) is 4.90 Å². The lowest BCUT2D eigenvalue weighted by atomic mass is 10.2. The van der Waals surface area contributed by atoms with Crippen molar-refractivity contribution in [3.63, 3.8) is 0 Å². The molecule has 1 N–H and O–H groups in total. The van der Waals surface area contributed by atoms with Crippen LogP contribution in [0.3, 0.4) is 0 Å². The van der Waals surface area contributed by atoms with E-state index in [0.29, 0.717) is 17.8 Å². The van der Waals surface area contributed by atoms with Crippen molar-refractivity contribution in [2.24, 2.45) is 0 Å².